The zero-order chi connectivity index (χ0) is 90.8. The van der Waals surface area contributed by atoms with Crippen LogP contribution in [-0.4, -0.2) is 13.7 Å². The van der Waals surface area contributed by atoms with Crippen molar-refractivity contribution in [3.63, 3.8) is 0 Å². The van der Waals surface area contributed by atoms with E-state index in [0.29, 0.717) is 0 Å². The molecule has 0 radical (unpaired) electrons. The number of para-hydroxylation sites is 3. The fourth-order valence-corrected chi connectivity index (χ4v) is 23.4. The monoisotopic (exact) mass is 1710 g/mol. The average molecular weight is 1710 g/mol. The summed E-state index contributed by atoms with van der Waals surface area (Å²) < 4.78 is 7.46. The van der Waals surface area contributed by atoms with Crippen molar-refractivity contribution in [2.75, 3.05) is 4.90 Å². The predicted molar refractivity (Wildman–Crippen MR) is 561 cm³/mol. The lowest BCUT2D eigenvalue weighted by Gasteiger charge is -2.58. The van der Waals surface area contributed by atoms with Gasteiger partial charge in [0.15, 0.2) is 0 Å². The lowest BCUT2D eigenvalue weighted by atomic mass is 9.52. The van der Waals surface area contributed by atoms with E-state index in [2.05, 4.69) is 505 Å². The Balaban J connectivity index is 0.901. The van der Waals surface area contributed by atoms with Crippen LogP contribution in [0.2, 0.25) is 0 Å². The van der Waals surface area contributed by atoms with Crippen LogP contribution < -0.4 is 4.90 Å². The van der Waals surface area contributed by atoms with Gasteiger partial charge in [0.25, 0.3) is 0 Å². The van der Waals surface area contributed by atoms with E-state index in [-0.39, 0.29) is 16.2 Å². The van der Waals surface area contributed by atoms with Crippen LogP contribution in [-0.2, 0) is 32.5 Å². The number of fused-ring (bicyclic) bond motifs is 9. The molecule has 0 fully saturated rings. The topological polar surface area (TPSA) is 18.0 Å². The Bertz CT molecular complexity index is 7330. The summed E-state index contributed by atoms with van der Waals surface area (Å²) in [6.45, 7) is 34.2. The molecule has 21 aromatic rings. The standard InChI is InChI=1S/C129H108N4/c1-79-28-43-94(44-29-79)127(95-45-30-80(2)31-46-95)109-73-88(85-40-67-118-106(70-85)103-22-16-19-25-115(103)130(118)100-61-55-91(56-62-100)124(7,8)9)75-111-121(109)133-122-110(127)74-89(86-41-68-119-107(71-86)104-23-17-20-26-116(104)131(119)101-63-57-92(58-64-101)125(10,11)12)76-112(122)129(98-51-36-83(5)37-52-98,99-53-38-84(6)39-54-99)114-78-90(77-113(123(114)133)128(111,96-47-32-81(3)33-48-96)97-49-34-82(4)35-50-97)87-42-69-120-108(72-87)105-24-18-21-27-117(105)132(120)102-65-59-93(60-66-102)126(13,14)15/h16-78H,1-15H3. The highest BCUT2D eigenvalue weighted by molar-refractivity contribution is 6.15. The van der Waals surface area contributed by atoms with Crippen molar-refractivity contribution >= 4 is 82.5 Å². The molecule has 3 aromatic heterocycles. The highest BCUT2D eigenvalue weighted by atomic mass is 15.2. The lowest BCUT2D eigenvalue weighted by Crippen LogP contribution is -2.49. The van der Waals surface area contributed by atoms with Crippen LogP contribution in [0.1, 0.15) is 179 Å². The molecule has 0 N–H and O–H groups in total. The molecule has 0 aliphatic carbocycles. The van der Waals surface area contributed by atoms with Crippen LogP contribution in [0.4, 0.5) is 17.1 Å². The van der Waals surface area contributed by atoms with Crippen molar-refractivity contribution in [2.24, 2.45) is 0 Å². The van der Waals surface area contributed by atoms with Gasteiger partial charge in [-0.3, -0.25) is 0 Å². The third-order valence-electron chi connectivity index (χ3n) is 30.3. The molecule has 0 saturated carbocycles. The summed E-state index contributed by atoms with van der Waals surface area (Å²) in [5.74, 6) is 0. The zero-order valence-electron chi connectivity index (χ0n) is 78.7. The van der Waals surface area contributed by atoms with Crippen molar-refractivity contribution in [1.82, 2.24) is 13.7 Å². The van der Waals surface area contributed by atoms with Gasteiger partial charge >= 0.3 is 0 Å². The summed E-state index contributed by atoms with van der Waals surface area (Å²) in [5, 5.41) is 7.21. The molecule has 4 nitrogen and oxygen atoms in total. The Labute approximate surface area is 781 Å². The maximum absolute atomic E-state index is 2.87. The van der Waals surface area contributed by atoms with Crippen molar-refractivity contribution in [2.45, 2.75) is 136 Å². The van der Waals surface area contributed by atoms with Gasteiger partial charge in [-0.25, -0.2) is 0 Å². The number of hydrogen-bond donors (Lipinski definition) is 0. The van der Waals surface area contributed by atoms with Crippen LogP contribution in [0.3, 0.4) is 0 Å². The van der Waals surface area contributed by atoms with E-state index in [0.717, 1.165) is 67.0 Å². The van der Waals surface area contributed by atoms with E-state index in [4.69, 9.17) is 0 Å². The molecule has 0 amide bonds. The molecule has 0 atom stereocenters. The normalized spacial score (nSPS) is 14.1. The quantitative estimate of drug-likeness (QED) is 0.119. The summed E-state index contributed by atoms with van der Waals surface area (Å²) >= 11 is 0. The smallest absolute Gasteiger partial charge is 0.0743 e. The molecule has 4 heteroatoms. The maximum atomic E-state index is 2.87. The summed E-state index contributed by atoms with van der Waals surface area (Å²) in [7, 11) is 0. The van der Waals surface area contributed by atoms with E-state index < -0.39 is 16.2 Å². The molecule has 18 aromatic carbocycles. The van der Waals surface area contributed by atoms with Gasteiger partial charge < -0.3 is 18.6 Å². The SMILES string of the molecule is Cc1ccc(C2(c3ccc(C)cc3)c3cc(-c4ccc5c(c4)c4ccccc4n5-c4ccc(C(C)(C)C)cc4)cc4c3N3c5c2cc(-c2ccc6c(c2)c2ccccc2n6-c2ccc(C(C)(C)C)cc2)cc5C(c2ccc(C)cc2)(c2ccc(C)cc2)c2cc(-c5ccc6c(c5)c5ccccc5n6-c5ccc(C(C)(C)C)cc5)cc(c23)C4(c2ccc(C)cc2)c2ccc(C)cc2)cc1. The van der Waals surface area contributed by atoms with Gasteiger partial charge in [-0.1, -0.05) is 350 Å². The zero-order valence-corrected chi connectivity index (χ0v) is 78.7. The molecule has 644 valence electrons. The van der Waals surface area contributed by atoms with Crippen LogP contribution in [0, 0.1) is 41.5 Å². The van der Waals surface area contributed by atoms with Crippen LogP contribution in [0.25, 0.3) is 116 Å². The van der Waals surface area contributed by atoms with Gasteiger partial charge in [0.2, 0.25) is 0 Å². The average Bonchev–Trinajstić information content (AvgIpc) is 1.28. The molecular formula is C129H108N4. The summed E-state index contributed by atoms with van der Waals surface area (Å²) in [4.78, 5) is 2.87. The van der Waals surface area contributed by atoms with Gasteiger partial charge in [0.1, 0.15) is 0 Å². The molecule has 0 spiro atoms. The first kappa shape index (κ1) is 81.4. The summed E-state index contributed by atoms with van der Waals surface area (Å²) in [6.07, 6.45) is 0. The largest absolute Gasteiger partial charge is 0.309 e. The molecule has 0 saturated heterocycles. The fourth-order valence-electron chi connectivity index (χ4n) is 23.4. The second-order valence-electron chi connectivity index (χ2n) is 41.7. The van der Waals surface area contributed by atoms with Crippen LogP contribution in [0.5, 0.6) is 0 Å². The maximum Gasteiger partial charge on any atom is 0.0743 e. The van der Waals surface area contributed by atoms with Crippen LogP contribution >= 0.6 is 0 Å². The number of rotatable bonds is 12. The van der Waals surface area contributed by atoms with Crippen molar-refractivity contribution < 1.29 is 0 Å². The van der Waals surface area contributed by atoms with E-state index in [1.165, 1.54) is 183 Å². The van der Waals surface area contributed by atoms with E-state index in [1.54, 1.807) is 0 Å². The van der Waals surface area contributed by atoms with Crippen molar-refractivity contribution in [3.05, 3.63) is 499 Å². The second kappa shape index (κ2) is 29.6. The molecule has 3 aliphatic heterocycles. The Morgan fingerprint density at radius 2 is 0.376 bits per heavy atom. The van der Waals surface area contributed by atoms with Gasteiger partial charge in [0.05, 0.1) is 66.4 Å². The Morgan fingerprint density at radius 3 is 0.579 bits per heavy atom. The van der Waals surface area contributed by atoms with Crippen molar-refractivity contribution in [3.8, 4) is 50.4 Å². The van der Waals surface area contributed by atoms with Gasteiger partial charge in [-0.15, -0.1) is 0 Å². The second-order valence-corrected chi connectivity index (χ2v) is 41.7. The van der Waals surface area contributed by atoms with E-state index >= 15 is 0 Å². The lowest BCUT2D eigenvalue weighted by molar-refractivity contribution is 0.590. The predicted octanol–water partition coefficient (Wildman–Crippen LogP) is 33.3. The van der Waals surface area contributed by atoms with E-state index in [9.17, 15) is 0 Å². The minimum Gasteiger partial charge on any atom is -0.309 e. The van der Waals surface area contributed by atoms with E-state index in [1.807, 2.05) is 0 Å². The van der Waals surface area contributed by atoms with Gasteiger partial charge in [-0.05, 0) is 302 Å². The summed E-state index contributed by atoms with van der Waals surface area (Å²) in [5.41, 5.74) is 43.0. The number of nitrogens with zero attached hydrogens (tertiary/aromatic N) is 4. The molecule has 0 bridgehead atoms. The van der Waals surface area contributed by atoms with Crippen molar-refractivity contribution in [1.29, 1.82) is 0 Å². The fraction of sp³-hybridized carbons (Fsp3) is 0.163. The first-order valence-corrected chi connectivity index (χ1v) is 47.5. The Hall–Kier alpha value is -14.8. The number of anilines is 3. The summed E-state index contributed by atoms with van der Waals surface area (Å²) in [6, 6.07) is 152. The number of benzene rings is 18. The van der Waals surface area contributed by atoms with Gasteiger partial charge in [-0.2, -0.15) is 0 Å². The molecule has 24 rings (SSSR count). The number of hydrogen-bond acceptors (Lipinski definition) is 1. The molecule has 6 heterocycles. The first-order chi connectivity index (χ1) is 64.2. The van der Waals surface area contributed by atoms with Gasteiger partial charge in [0, 0.05) is 49.4 Å². The third-order valence-corrected chi connectivity index (χ3v) is 30.3. The Morgan fingerprint density at radius 1 is 0.180 bits per heavy atom. The molecule has 0 unspecified atom stereocenters. The molecule has 3 aliphatic rings. The number of aryl methyl sites for hydroxylation is 6. The molecule has 133 heavy (non-hydrogen) atoms. The highest BCUT2D eigenvalue weighted by Gasteiger charge is 2.61. The minimum atomic E-state index is -1.06. The third kappa shape index (κ3) is 12.2. The van der Waals surface area contributed by atoms with Crippen LogP contribution in [0.15, 0.2) is 382 Å². The first-order valence-electron chi connectivity index (χ1n) is 47.5. The number of aromatic nitrogens is 3. The highest BCUT2D eigenvalue weighted by Crippen LogP contribution is 2.73. The minimum absolute atomic E-state index is 0.00569. The Kier molecular flexibility index (Phi) is 18.1. The molecular weight excluding hydrogens is 1610 g/mol.